The zero-order chi connectivity index (χ0) is 14.4. The van der Waals surface area contributed by atoms with Crippen LogP contribution in [0.2, 0.25) is 0 Å². The summed E-state index contributed by atoms with van der Waals surface area (Å²) in [5.74, 6) is -0.345. The van der Waals surface area contributed by atoms with E-state index in [0.29, 0.717) is 25.5 Å². The van der Waals surface area contributed by atoms with E-state index in [0.717, 1.165) is 0 Å². The Kier molecular flexibility index (Phi) is 4.60. The standard InChI is InChI=1S/C14H16N2O4/c1-2-19-12-6-3-5-11(14(17)18)13(12)20-10-9-16-8-4-7-15-16/h3-8H,2,9-10H2,1H3,(H,17,18). The average molecular weight is 276 g/mol. The fraction of sp³-hybridized carbons (Fsp3) is 0.286. The molecule has 0 saturated carbocycles. The summed E-state index contributed by atoms with van der Waals surface area (Å²) in [4.78, 5) is 11.2. The molecule has 1 N–H and O–H groups in total. The molecular weight excluding hydrogens is 260 g/mol. The number of aromatic carboxylic acids is 1. The van der Waals surface area contributed by atoms with Gasteiger partial charge in [0.2, 0.25) is 0 Å². The van der Waals surface area contributed by atoms with Crippen molar-refractivity contribution < 1.29 is 19.4 Å². The Morgan fingerprint density at radius 3 is 2.85 bits per heavy atom. The molecule has 0 aliphatic rings. The van der Waals surface area contributed by atoms with Gasteiger partial charge in [0.25, 0.3) is 0 Å². The van der Waals surface area contributed by atoms with Gasteiger partial charge in [-0.25, -0.2) is 4.79 Å². The number of aromatic nitrogens is 2. The van der Waals surface area contributed by atoms with E-state index in [9.17, 15) is 9.90 Å². The van der Waals surface area contributed by atoms with E-state index in [2.05, 4.69) is 5.10 Å². The van der Waals surface area contributed by atoms with E-state index in [4.69, 9.17) is 9.47 Å². The third kappa shape index (κ3) is 3.28. The molecule has 0 aliphatic heterocycles. The maximum atomic E-state index is 11.2. The first-order valence-corrected chi connectivity index (χ1v) is 6.31. The minimum absolute atomic E-state index is 0.0939. The van der Waals surface area contributed by atoms with Gasteiger partial charge in [0.15, 0.2) is 11.5 Å². The molecule has 0 atom stereocenters. The summed E-state index contributed by atoms with van der Waals surface area (Å²) in [5.41, 5.74) is 0.0939. The molecule has 0 spiro atoms. The topological polar surface area (TPSA) is 73.6 Å². The number of para-hydroxylation sites is 1. The Labute approximate surface area is 116 Å². The number of ether oxygens (including phenoxy) is 2. The summed E-state index contributed by atoms with van der Waals surface area (Å²) in [6.07, 6.45) is 3.49. The van der Waals surface area contributed by atoms with Gasteiger partial charge < -0.3 is 14.6 Å². The van der Waals surface area contributed by atoms with Crippen LogP contribution in [0.4, 0.5) is 0 Å². The van der Waals surface area contributed by atoms with E-state index in [1.54, 1.807) is 23.0 Å². The van der Waals surface area contributed by atoms with Gasteiger partial charge in [-0.1, -0.05) is 6.07 Å². The van der Waals surface area contributed by atoms with Crippen molar-refractivity contribution in [3.8, 4) is 11.5 Å². The predicted octanol–water partition coefficient (Wildman–Crippen LogP) is 2.06. The maximum absolute atomic E-state index is 11.2. The lowest BCUT2D eigenvalue weighted by molar-refractivity contribution is 0.0691. The molecule has 6 nitrogen and oxygen atoms in total. The SMILES string of the molecule is CCOc1cccc(C(=O)O)c1OCCn1cccn1. The highest BCUT2D eigenvalue weighted by Gasteiger charge is 2.16. The number of carboxylic acid groups (broad SMARTS) is 1. The Hall–Kier alpha value is -2.50. The van der Waals surface area contributed by atoms with Gasteiger partial charge in [0, 0.05) is 12.4 Å². The lowest BCUT2D eigenvalue weighted by Crippen LogP contribution is -2.12. The molecule has 0 amide bonds. The number of nitrogens with zero attached hydrogens (tertiary/aromatic N) is 2. The van der Waals surface area contributed by atoms with E-state index in [1.807, 2.05) is 19.2 Å². The van der Waals surface area contributed by atoms with Crippen LogP contribution in [0.25, 0.3) is 0 Å². The fourth-order valence-corrected chi connectivity index (χ4v) is 1.78. The molecular formula is C14H16N2O4. The second-order valence-electron chi connectivity index (χ2n) is 3.99. The highest BCUT2D eigenvalue weighted by Crippen LogP contribution is 2.31. The summed E-state index contributed by atoms with van der Waals surface area (Å²) >= 11 is 0. The number of hydrogen-bond acceptors (Lipinski definition) is 4. The lowest BCUT2D eigenvalue weighted by atomic mass is 10.2. The first kappa shape index (κ1) is 13.9. The quantitative estimate of drug-likeness (QED) is 0.838. The van der Waals surface area contributed by atoms with Crippen LogP contribution >= 0.6 is 0 Å². The van der Waals surface area contributed by atoms with Gasteiger partial charge >= 0.3 is 5.97 Å². The number of carboxylic acids is 1. The van der Waals surface area contributed by atoms with Crippen molar-refractivity contribution in [1.29, 1.82) is 0 Å². The van der Waals surface area contributed by atoms with Crippen molar-refractivity contribution in [2.45, 2.75) is 13.5 Å². The molecule has 2 aromatic rings. The number of benzene rings is 1. The molecule has 6 heteroatoms. The van der Waals surface area contributed by atoms with Gasteiger partial charge in [-0.05, 0) is 25.1 Å². The van der Waals surface area contributed by atoms with E-state index in [1.165, 1.54) is 6.07 Å². The second kappa shape index (κ2) is 6.60. The zero-order valence-corrected chi connectivity index (χ0v) is 11.2. The van der Waals surface area contributed by atoms with Crippen molar-refractivity contribution in [2.24, 2.45) is 0 Å². The van der Waals surface area contributed by atoms with Crippen LogP contribution in [0.15, 0.2) is 36.7 Å². The average Bonchev–Trinajstić information content (AvgIpc) is 2.93. The molecule has 0 bridgehead atoms. The van der Waals surface area contributed by atoms with Gasteiger partial charge in [0.1, 0.15) is 12.2 Å². The Morgan fingerprint density at radius 1 is 1.35 bits per heavy atom. The van der Waals surface area contributed by atoms with Gasteiger partial charge in [-0.3, -0.25) is 4.68 Å². The Bertz CT molecular complexity index is 567. The Balaban J connectivity index is 2.12. The highest BCUT2D eigenvalue weighted by atomic mass is 16.5. The smallest absolute Gasteiger partial charge is 0.339 e. The molecule has 1 aromatic heterocycles. The molecule has 2 rings (SSSR count). The number of hydrogen-bond donors (Lipinski definition) is 1. The highest BCUT2D eigenvalue weighted by molar-refractivity contribution is 5.92. The van der Waals surface area contributed by atoms with Crippen LogP contribution in [0, 0.1) is 0 Å². The minimum Gasteiger partial charge on any atom is -0.490 e. The first-order chi connectivity index (χ1) is 9.72. The molecule has 0 fully saturated rings. The third-order valence-electron chi connectivity index (χ3n) is 2.64. The van der Waals surface area contributed by atoms with E-state index < -0.39 is 5.97 Å². The van der Waals surface area contributed by atoms with Crippen LogP contribution in [0.1, 0.15) is 17.3 Å². The summed E-state index contributed by atoms with van der Waals surface area (Å²) in [6.45, 7) is 3.12. The van der Waals surface area contributed by atoms with Crippen molar-refractivity contribution in [2.75, 3.05) is 13.2 Å². The molecule has 20 heavy (non-hydrogen) atoms. The van der Waals surface area contributed by atoms with Crippen LogP contribution < -0.4 is 9.47 Å². The Morgan fingerprint density at radius 2 is 2.20 bits per heavy atom. The van der Waals surface area contributed by atoms with Crippen LogP contribution in [0.3, 0.4) is 0 Å². The molecule has 0 radical (unpaired) electrons. The van der Waals surface area contributed by atoms with Crippen molar-refractivity contribution >= 4 is 5.97 Å². The molecule has 1 aromatic carbocycles. The van der Waals surface area contributed by atoms with Crippen molar-refractivity contribution in [1.82, 2.24) is 9.78 Å². The van der Waals surface area contributed by atoms with Crippen LogP contribution in [0.5, 0.6) is 11.5 Å². The molecule has 1 heterocycles. The van der Waals surface area contributed by atoms with Crippen molar-refractivity contribution in [3.63, 3.8) is 0 Å². The summed E-state index contributed by atoms with van der Waals surface area (Å²) in [6, 6.07) is 6.64. The van der Waals surface area contributed by atoms with Crippen LogP contribution in [-0.2, 0) is 6.54 Å². The third-order valence-corrected chi connectivity index (χ3v) is 2.64. The van der Waals surface area contributed by atoms with Crippen LogP contribution in [-0.4, -0.2) is 34.1 Å². The van der Waals surface area contributed by atoms with Gasteiger partial charge in [-0.2, -0.15) is 5.10 Å². The zero-order valence-electron chi connectivity index (χ0n) is 11.2. The number of rotatable bonds is 7. The lowest BCUT2D eigenvalue weighted by Gasteiger charge is -2.14. The molecule has 0 aliphatic carbocycles. The summed E-state index contributed by atoms with van der Waals surface area (Å²) < 4.78 is 12.7. The van der Waals surface area contributed by atoms with Gasteiger partial charge in [-0.15, -0.1) is 0 Å². The first-order valence-electron chi connectivity index (χ1n) is 6.31. The van der Waals surface area contributed by atoms with Gasteiger partial charge in [0.05, 0.1) is 13.2 Å². The summed E-state index contributed by atoms with van der Waals surface area (Å²) in [7, 11) is 0. The molecule has 0 saturated heterocycles. The predicted molar refractivity (Wildman–Crippen MR) is 72.3 cm³/mol. The van der Waals surface area contributed by atoms with E-state index in [-0.39, 0.29) is 11.3 Å². The fourth-order valence-electron chi connectivity index (χ4n) is 1.78. The molecule has 106 valence electrons. The normalized spacial score (nSPS) is 10.2. The molecule has 0 unspecified atom stereocenters. The summed E-state index contributed by atoms with van der Waals surface area (Å²) in [5, 5.41) is 13.2. The second-order valence-corrected chi connectivity index (χ2v) is 3.99. The monoisotopic (exact) mass is 276 g/mol. The number of carbonyl (C=O) groups is 1. The van der Waals surface area contributed by atoms with Crippen molar-refractivity contribution in [3.05, 3.63) is 42.2 Å². The largest absolute Gasteiger partial charge is 0.490 e. The maximum Gasteiger partial charge on any atom is 0.339 e. The minimum atomic E-state index is -1.04. The van der Waals surface area contributed by atoms with E-state index >= 15 is 0 Å².